The number of carbonyl (C=O) groups is 2. The number of hydrogen-bond donors (Lipinski definition) is 1. The average Bonchev–Trinajstić information content (AvgIpc) is 2.36. The minimum Gasteiger partial charge on any atom is -0.480 e. The molecule has 0 bridgehead atoms. The fourth-order valence-corrected chi connectivity index (χ4v) is 1.74. The van der Waals surface area contributed by atoms with E-state index >= 15 is 0 Å². The van der Waals surface area contributed by atoms with E-state index in [1.54, 1.807) is 6.08 Å². The first-order valence-corrected chi connectivity index (χ1v) is 6.29. The summed E-state index contributed by atoms with van der Waals surface area (Å²) < 4.78 is 0. The number of carbonyl (C=O) groups excluding carboxylic acids is 1. The lowest BCUT2D eigenvalue weighted by molar-refractivity contribution is -0.142. The third kappa shape index (κ3) is 4.95. The third-order valence-corrected chi connectivity index (χ3v) is 2.73. The van der Waals surface area contributed by atoms with Gasteiger partial charge in [0.25, 0.3) is 0 Å². The van der Waals surface area contributed by atoms with Crippen LogP contribution in [0.15, 0.2) is 30.3 Å². The van der Waals surface area contributed by atoms with Gasteiger partial charge in [-0.25, -0.2) is 0 Å². The van der Waals surface area contributed by atoms with Crippen molar-refractivity contribution in [3.63, 3.8) is 0 Å². The highest BCUT2D eigenvalue weighted by Gasteiger charge is 2.12. The molecule has 1 aromatic carbocycles. The van der Waals surface area contributed by atoms with E-state index in [-0.39, 0.29) is 12.5 Å². The predicted octanol–water partition coefficient (Wildman–Crippen LogP) is 2.33. The monoisotopic (exact) mass is 261 g/mol. The Morgan fingerprint density at radius 2 is 2.00 bits per heavy atom. The third-order valence-electron chi connectivity index (χ3n) is 2.73. The molecule has 0 atom stereocenters. The van der Waals surface area contributed by atoms with Crippen molar-refractivity contribution in [2.45, 2.75) is 20.3 Å². The van der Waals surface area contributed by atoms with Gasteiger partial charge in [0, 0.05) is 12.6 Å². The zero-order valence-corrected chi connectivity index (χ0v) is 11.3. The number of carboxylic acids is 1. The van der Waals surface area contributed by atoms with Crippen LogP contribution in [0.1, 0.15) is 24.5 Å². The first kappa shape index (κ1) is 15.0. The van der Waals surface area contributed by atoms with E-state index in [0.29, 0.717) is 6.54 Å². The Balaban J connectivity index is 2.76. The number of benzene rings is 1. The Hall–Kier alpha value is -2.10. The second-order valence-corrected chi connectivity index (χ2v) is 4.34. The zero-order valence-electron chi connectivity index (χ0n) is 11.3. The molecule has 1 aromatic rings. The molecule has 4 heteroatoms. The quantitative estimate of drug-likeness (QED) is 0.800. The Bertz CT molecular complexity index is 480. The standard InChI is InChI=1S/C15H19NO3/c1-3-10-16(11-15(18)19)14(17)9-8-13-7-5-4-6-12(13)2/h4-9H,3,10-11H2,1-2H3,(H,18,19)/b9-8+. The molecule has 0 aliphatic rings. The number of nitrogens with zero attached hydrogens (tertiary/aromatic N) is 1. The summed E-state index contributed by atoms with van der Waals surface area (Å²) in [4.78, 5) is 24.0. The molecule has 0 saturated heterocycles. The van der Waals surface area contributed by atoms with E-state index in [9.17, 15) is 9.59 Å². The summed E-state index contributed by atoms with van der Waals surface area (Å²) in [6.45, 7) is 4.06. The molecule has 0 fully saturated rings. The zero-order chi connectivity index (χ0) is 14.3. The number of carboxylic acid groups (broad SMARTS) is 1. The number of rotatable bonds is 6. The molecular formula is C15H19NO3. The molecule has 0 spiro atoms. The Morgan fingerprint density at radius 1 is 1.32 bits per heavy atom. The van der Waals surface area contributed by atoms with Crippen LogP contribution in [0.5, 0.6) is 0 Å². The van der Waals surface area contributed by atoms with E-state index in [4.69, 9.17) is 5.11 Å². The summed E-state index contributed by atoms with van der Waals surface area (Å²) >= 11 is 0. The summed E-state index contributed by atoms with van der Waals surface area (Å²) in [5, 5.41) is 8.77. The molecule has 0 unspecified atom stereocenters. The molecule has 4 nitrogen and oxygen atoms in total. The lowest BCUT2D eigenvalue weighted by Gasteiger charge is -2.17. The summed E-state index contributed by atoms with van der Waals surface area (Å²) in [6, 6.07) is 7.71. The van der Waals surface area contributed by atoms with Crippen molar-refractivity contribution in [3.05, 3.63) is 41.5 Å². The van der Waals surface area contributed by atoms with Crippen LogP contribution in [-0.4, -0.2) is 35.0 Å². The Morgan fingerprint density at radius 3 is 2.58 bits per heavy atom. The molecule has 1 N–H and O–H groups in total. The highest BCUT2D eigenvalue weighted by Crippen LogP contribution is 2.09. The predicted molar refractivity (Wildman–Crippen MR) is 74.7 cm³/mol. The van der Waals surface area contributed by atoms with Gasteiger partial charge in [-0.3, -0.25) is 9.59 Å². The van der Waals surface area contributed by atoms with Crippen molar-refractivity contribution in [2.75, 3.05) is 13.1 Å². The molecule has 102 valence electrons. The SMILES string of the molecule is CCCN(CC(=O)O)C(=O)/C=C/c1ccccc1C. The first-order chi connectivity index (χ1) is 9.04. The molecule has 19 heavy (non-hydrogen) atoms. The maximum atomic E-state index is 11.9. The van der Waals surface area contributed by atoms with Gasteiger partial charge in [0.05, 0.1) is 0 Å². The van der Waals surface area contributed by atoms with E-state index in [2.05, 4.69) is 0 Å². The molecule has 1 amide bonds. The van der Waals surface area contributed by atoms with Gasteiger partial charge in [-0.15, -0.1) is 0 Å². The highest BCUT2D eigenvalue weighted by molar-refractivity contribution is 5.93. The van der Waals surface area contributed by atoms with Gasteiger partial charge in [0.15, 0.2) is 0 Å². The Labute approximate surface area is 113 Å². The number of amides is 1. The maximum Gasteiger partial charge on any atom is 0.323 e. The summed E-state index contributed by atoms with van der Waals surface area (Å²) in [6.07, 6.45) is 3.89. The van der Waals surface area contributed by atoms with Crippen LogP contribution in [0.2, 0.25) is 0 Å². The van der Waals surface area contributed by atoms with Gasteiger partial charge >= 0.3 is 5.97 Å². The van der Waals surface area contributed by atoms with Gasteiger partial charge in [-0.05, 0) is 30.5 Å². The molecule has 1 rings (SSSR count). The number of aryl methyl sites for hydroxylation is 1. The molecule has 0 aliphatic heterocycles. The van der Waals surface area contributed by atoms with E-state index < -0.39 is 5.97 Å². The fourth-order valence-electron chi connectivity index (χ4n) is 1.74. The lowest BCUT2D eigenvalue weighted by Crippen LogP contribution is -2.35. The van der Waals surface area contributed by atoms with Crippen molar-refractivity contribution in [1.29, 1.82) is 0 Å². The van der Waals surface area contributed by atoms with Crippen LogP contribution < -0.4 is 0 Å². The number of aliphatic carboxylic acids is 1. The van der Waals surface area contributed by atoms with Crippen molar-refractivity contribution in [3.8, 4) is 0 Å². The smallest absolute Gasteiger partial charge is 0.323 e. The van der Waals surface area contributed by atoms with Crippen LogP contribution in [-0.2, 0) is 9.59 Å². The van der Waals surface area contributed by atoms with Gasteiger partial charge < -0.3 is 10.0 Å². The summed E-state index contributed by atoms with van der Waals surface area (Å²) in [5.41, 5.74) is 2.04. The largest absolute Gasteiger partial charge is 0.480 e. The molecule has 0 radical (unpaired) electrons. The van der Waals surface area contributed by atoms with E-state index in [0.717, 1.165) is 17.5 Å². The Kier molecular flexibility index (Phi) is 5.79. The van der Waals surface area contributed by atoms with Crippen LogP contribution in [0.4, 0.5) is 0 Å². The fraction of sp³-hybridized carbons (Fsp3) is 0.333. The molecule has 0 aromatic heterocycles. The minimum absolute atomic E-state index is 0.259. The van der Waals surface area contributed by atoms with Crippen LogP contribution >= 0.6 is 0 Å². The number of hydrogen-bond acceptors (Lipinski definition) is 2. The normalized spacial score (nSPS) is 10.6. The summed E-state index contributed by atoms with van der Waals surface area (Å²) in [7, 11) is 0. The van der Waals surface area contributed by atoms with E-state index in [1.165, 1.54) is 11.0 Å². The van der Waals surface area contributed by atoms with Gasteiger partial charge in [0.1, 0.15) is 6.54 Å². The molecule has 0 heterocycles. The maximum absolute atomic E-state index is 11.9. The summed E-state index contributed by atoms with van der Waals surface area (Å²) in [5.74, 6) is -1.27. The van der Waals surface area contributed by atoms with Gasteiger partial charge in [-0.2, -0.15) is 0 Å². The van der Waals surface area contributed by atoms with Crippen molar-refractivity contribution < 1.29 is 14.7 Å². The van der Waals surface area contributed by atoms with Gasteiger partial charge in [0.2, 0.25) is 5.91 Å². The second kappa shape index (κ2) is 7.36. The highest BCUT2D eigenvalue weighted by atomic mass is 16.4. The van der Waals surface area contributed by atoms with Crippen LogP contribution in [0.25, 0.3) is 6.08 Å². The van der Waals surface area contributed by atoms with E-state index in [1.807, 2.05) is 38.1 Å². The molecule has 0 aliphatic carbocycles. The van der Waals surface area contributed by atoms with Crippen molar-refractivity contribution >= 4 is 18.0 Å². The topological polar surface area (TPSA) is 57.6 Å². The lowest BCUT2D eigenvalue weighted by atomic mass is 10.1. The van der Waals surface area contributed by atoms with Crippen LogP contribution in [0.3, 0.4) is 0 Å². The van der Waals surface area contributed by atoms with Crippen molar-refractivity contribution in [1.82, 2.24) is 4.90 Å². The molecule has 0 saturated carbocycles. The average molecular weight is 261 g/mol. The van der Waals surface area contributed by atoms with Crippen LogP contribution in [0, 0.1) is 6.92 Å². The van der Waals surface area contributed by atoms with Crippen molar-refractivity contribution in [2.24, 2.45) is 0 Å². The second-order valence-electron chi connectivity index (χ2n) is 4.34. The van der Waals surface area contributed by atoms with Gasteiger partial charge in [-0.1, -0.05) is 31.2 Å². The molecular weight excluding hydrogens is 242 g/mol. The minimum atomic E-state index is -0.994. The first-order valence-electron chi connectivity index (χ1n) is 6.29.